The van der Waals surface area contributed by atoms with E-state index >= 15 is 0 Å². The predicted molar refractivity (Wildman–Crippen MR) is 64.4 cm³/mol. The van der Waals surface area contributed by atoms with Crippen LogP contribution in [0.1, 0.15) is 19.3 Å². The molecule has 0 radical (unpaired) electrons. The summed E-state index contributed by atoms with van der Waals surface area (Å²) in [6, 6.07) is 0. The Morgan fingerprint density at radius 1 is 0.889 bits per heavy atom. The molecule has 0 fully saturated rings. The van der Waals surface area contributed by atoms with Crippen molar-refractivity contribution in [3.63, 3.8) is 0 Å². The van der Waals surface area contributed by atoms with Crippen LogP contribution in [0.25, 0.3) is 0 Å². The van der Waals surface area contributed by atoms with Crippen molar-refractivity contribution in [2.75, 3.05) is 13.2 Å². The minimum atomic E-state index is -1.00. The van der Waals surface area contributed by atoms with E-state index in [2.05, 4.69) is 14.2 Å². The van der Waals surface area contributed by atoms with Gasteiger partial charge in [-0.2, -0.15) is 0 Å². The average molecular weight is 322 g/mol. The highest BCUT2D eigenvalue weighted by molar-refractivity contribution is 6.61. The van der Waals surface area contributed by atoms with E-state index in [0.717, 1.165) is 0 Å². The first kappa shape index (κ1) is 17.3. The Morgan fingerprint density at radius 2 is 1.50 bits per heavy atom. The molecule has 18 heavy (non-hydrogen) atoms. The summed E-state index contributed by atoms with van der Waals surface area (Å²) in [4.78, 5) is 31.2. The monoisotopic (exact) mass is 320 g/mol. The maximum atomic E-state index is 10.6. The highest BCUT2D eigenvalue weighted by atomic mass is 35.5. The maximum Gasteiger partial charge on any atom is 0.404 e. The number of halogens is 3. The molecule has 0 saturated heterocycles. The van der Waals surface area contributed by atoms with Crippen LogP contribution in [0.4, 0.5) is 14.4 Å². The van der Waals surface area contributed by atoms with E-state index in [0.29, 0.717) is 19.3 Å². The van der Waals surface area contributed by atoms with E-state index in [1.165, 1.54) is 0 Å². The summed E-state index contributed by atoms with van der Waals surface area (Å²) in [7, 11) is 0. The summed E-state index contributed by atoms with van der Waals surface area (Å²) in [6.07, 6.45) is 0.759. The molecule has 6 nitrogen and oxygen atoms in total. The van der Waals surface area contributed by atoms with Gasteiger partial charge in [-0.3, -0.25) is 0 Å². The van der Waals surface area contributed by atoms with Gasteiger partial charge >= 0.3 is 16.3 Å². The summed E-state index contributed by atoms with van der Waals surface area (Å²) in [5.41, 5.74) is -2.88. The van der Waals surface area contributed by atoms with E-state index in [-0.39, 0.29) is 13.2 Å². The van der Waals surface area contributed by atoms with Gasteiger partial charge in [-0.15, -0.1) is 0 Å². The molecular formula is C9H11Cl3O6. The van der Waals surface area contributed by atoms with Gasteiger partial charge in [0.15, 0.2) is 0 Å². The lowest BCUT2D eigenvalue weighted by atomic mass is 10.1. The lowest BCUT2D eigenvalue weighted by molar-refractivity contribution is 0.0581. The molecule has 1 atom stereocenters. The molecule has 0 heterocycles. The molecule has 0 aromatic heterocycles. The van der Waals surface area contributed by atoms with Gasteiger partial charge in [-0.05, 0) is 19.3 Å². The zero-order chi connectivity index (χ0) is 14.0. The lowest BCUT2D eigenvalue weighted by Crippen LogP contribution is -2.22. The molecule has 0 aromatic carbocycles. The number of unbranched alkanes of at least 4 members (excludes halogenated alkanes) is 1. The third-order valence-corrected chi connectivity index (χ3v) is 2.09. The summed E-state index contributed by atoms with van der Waals surface area (Å²) in [5, 5.41) is 0. The Kier molecular flexibility index (Phi) is 9.82. The Morgan fingerprint density at radius 3 is 2.00 bits per heavy atom. The molecule has 0 rings (SSSR count). The predicted octanol–water partition coefficient (Wildman–Crippen LogP) is 3.65. The van der Waals surface area contributed by atoms with Crippen molar-refractivity contribution in [1.29, 1.82) is 0 Å². The van der Waals surface area contributed by atoms with Gasteiger partial charge in [0.1, 0.15) is 12.7 Å². The molecule has 9 heteroatoms. The van der Waals surface area contributed by atoms with Crippen LogP contribution in [0.15, 0.2) is 0 Å². The van der Waals surface area contributed by atoms with Crippen LogP contribution in [0.2, 0.25) is 0 Å². The quantitative estimate of drug-likeness (QED) is 0.386. The number of ether oxygens (including phenoxy) is 3. The van der Waals surface area contributed by atoms with Crippen LogP contribution in [0.3, 0.4) is 0 Å². The van der Waals surface area contributed by atoms with Crippen LogP contribution in [0.5, 0.6) is 0 Å². The molecule has 0 aliphatic carbocycles. The fourth-order valence-corrected chi connectivity index (χ4v) is 1.36. The van der Waals surface area contributed by atoms with Gasteiger partial charge in [0.2, 0.25) is 0 Å². The standard InChI is InChI=1S/C9H11Cl3O6/c10-7(13)16-4-2-1-3-6(18-9(12)15)5-17-8(11)14/h6H,1-5H2. The second-order valence-electron chi connectivity index (χ2n) is 3.11. The third kappa shape index (κ3) is 11.8. The first-order valence-corrected chi connectivity index (χ1v) is 6.06. The van der Waals surface area contributed by atoms with E-state index in [1.807, 2.05) is 0 Å². The van der Waals surface area contributed by atoms with Crippen LogP contribution in [0, 0.1) is 0 Å². The zero-order valence-electron chi connectivity index (χ0n) is 9.20. The fraction of sp³-hybridized carbons (Fsp3) is 0.667. The van der Waals surface area contributed by atoms with Crippen molar-refractivity contribution >= 4 is 51.1 Å². The summed E-state index contributed by atoms with van der Waals surface area (Å²) in [5.74, 6) is 0. The van der Waals surface area contributed by atoms with E-state index in [1.54, 1.807) is 0 Å². The molecule has 0 aromatic rings. The highest BCUT2D eigenvalue weighted by Crippen LogP contribution is 2.09. The maximum absolute atomic E-state index is 10.6. The van der Waals surface area contributed by atoms with Gasteiger partial charge in [0, 0.05) is 34.8 Å². The Labute approximate surface area is 118 Å². The molecule has 1 unspecified atom stereocenters. The minimum absolute atomic E-state index is 0.152. The van der Waals surface area contributed by atoms with Crippen LogP contribution >= 0.6 is 34.8 Å². The first-order valence-electron chi connectivity index (χ1n) is 4.92. The van der Waals surface area contributed by atoms with Crippen molar-refractivity contribution in [2.24, 2.45) is 0 Å². The smallest absolute Gasteiger partial charge is 0.404 e. The zero-order valence-corrected chi connectivity index (χ0v) is 11.5. The first-order chi connectivity index (χ1) is 8.41. The largest absolute Gasteiger partial charge is 0.454 e. The molecule has 0 amide bonds. The minimum Gasteiger partial charge on any atom is -0.454 e. The van der Waals surface area contributed by atoms with Gasteiger partial charge in [-0.1, -0.05) is 0 Å². The van der Waals surface area contributed by atoms with Gasteiger partial charge in [0.25, 0.3) is 0 Å². The molecule has 104 valence electrons. The molecule has 0 aliphatic heterocycles. The SMILES string of the molecule is O=C(Cl)OCCCCC(COC(=O)Cl)OC(=O)Cl. The molecule has 0 aliphatic rings. The molecule has 0 spiro atoms. The van der Waals surface area contributed by atoms with Crippen molar-refractivity contribution in [3.05, 3.63) is 0 Å². The Balaban J connectivity index is 3.81. The van der Waals surface area contributed by atoms with Crippen LogP contribution in [-0.2, 0) is 14.2 Å². The molecule has 0 N–H and O–H groups in total. The Bertz CT molecular complexity index is 296. The summed E-state index contributed by atoms with van der Waals surface area (Å²) >= 11 is 15.0. The van der Waals surface area contributed by atoms with Crippen LogP contribution in [-0.4, -0.2) is 35.6 Å². The highest BCUT2D eigenvalue weighted by Gasteiger charge is 2.15. The number of hydrogen-bond acceptors (Lipinski definition) is 6. The number of carbonyl (C=O) groups is 3. The second-order valence-corrected chi connectivity index (χ2v) is 4.03. The van der Waals surface area contributed by atoms with E-state index in [9.17, 15) is 14.4 Å². The molecule has 0 saturated carbocycles. The van der Waals surface area contributed by atoms with Crippen molar-refractivity contribution in [2.45, 2.75) is 25.4 Å². The average Bonchev–Trinajstić information content (AvgIpc) is 2.23. The van der Waals surface area contributed by atoms with E-state index < -0.39 is 22.4 Å². The van der Waals surface area contributed by atoms with Crippen LogP contribution < -0.4 is 0 Å². The summed E-state index contributed by atoms with van der Waals surface area (Å²) in [6.45, 7) is -0.0325. The number of hydrogen-bond donors (Lipinski definition) is 0. The lowest BCUT2D eigenvalue weighted by Gasteiger charge is -2.15. The normalized spacial score (nSPS) is 11.5. The number of rotatable bonds is 8. The fourth-order valence-electron chi connectivity index (χ4n) is 1.09. The second kappa shape index (κ2) is 10.2. The third-order valence-electron chi connectivity index (χ3n) is 1.78. The van der Waals surface area contributed by atoms with Crippen molar-refractivity contribution < 1.29 is 28.6 Å². The molecule has 0 bridgehead atoms. The topological polar surface area (TPSA) is 78.9 Å². The molecular weight excluding hydrogens is 310 g/mol. The van der Waals surface area contributed by atoms with Gasteiger partial charge in [0.05, 0.1) is 6.61 Å². The number of carbonyl (C=O) groups excluding carboxylic acids is 3. The van der Waals surface area contributed by atoms with Crippen molar-refractivity contribution in [1.82, 2.24) is 0 Å². The summed E-state index contributed by atoms with van der Waals surface area (Å²) < 4.78 is 13.7. The van der Waals surface area contributed by atoms with E-state index in [4.69, 9.17) is 34.8 Å². The van der Waals surface area contributed by atoms with Gasteiger partial charge in [-0.25, -0.2) is 14.4 Å². The Hall–Kier alpha value is -0.720. The van der Waals surface area contributed by atoms with Crippen molar-refractivity contribution in [3.8, 4) is 0 Å². The van der Waals surface area contributed by atoms with Gasteiger partial charge < -0.3 is 14.2 Å².